The quantitative estimate of drug-likeness (QED) is 0.191. The number of aromatic nitrogens is 3. The van der Waals surface area contributed by atoms with E-state index in [4.69, 9.17) is 21.1 Å². The fraction of sp³-hybridized carbons (Fsp3) is 0.333. The zero-order valence-corrected chi connectivity index (χ0v) is 26.6. The Hall–Kier alpha value is -4.62. The van der Waals surface area contributed by atoms with Crippen molar-refractivity contribution in [2.24, 2.45) is 5.41 Å². The van der Waals surface area contributed by atoms with E-state index < -0.39 is 11.7 Å². The van der Waals surface area contributed by atoms with Crippen molar-refractivity contribution in [2.45, 2.75) is 39.6 Å². The third-order valence-electron chi connectivity index (χ3n) is 7.20. The average molecular weight is 670 g/mol. The lowest BCUT2D eigenvalue weighted by molar-refractivity contribution is -0.137. The Kier molecular flexibility index (Phi) is 10.7. The van der Waals surface area contributed by atoms with Crippen LogP contribution in [0.1, 0.15) is 47.3 Å². The number of hydrogen-bond acceptors (Lipinski definition) is 9. The van der Waals surface area contributed by atoms with Crippen LogP contribution in [0.2, 0.25) is 5.02 Å². The van der Waals surface area contributed by atoms with Crippen LogP contribution in [0.25, 0.3) is 0 Å². The molecule has 5 heterocycles. The number of nitrogens with zero attached hydrogens (tertiary/aromatic N) is 3. The first-order chi connectivity index (χ1) is 22.4. The summed E-state index contributed by atoms with van der Waals surface area (Å²) in [4.78, 5) is 26.0. The van der Waals surface area contributed by atoms with E-state index in [0.29, 0.717) is 53.8 Å². The minimum atomic E-state index is -4.43. The lowest BCUT2D eigenvalue weighted by atomic mass is 9.93. The molecule has 4 aliphatic heterocycles. The molecule has 1 amide bonds. The van der Waals surface area contributed by atoms with E-state index in [0.717, 1.165) is 30.7 Å². The molecule has 4 aromatic rings. The molecule has 0 fully saturated rings. The van der Waals surface area contributed by atoms with Crippen LogP contribution in [0.3, 0.4) is 0 Å². The lowest BCUT2D eigenvalue weighted by Crippen LogP contribution is -2.40. The topological polar surface area (TPSA) is 122 Å². The molecule has 0 atom stereocenters. The van der Waals surface area contributed by atoms with E-state index in [9.17, 15) is 18.0 Å². The van der Waals surface area contributed by atoms with Crippen molar-refractivity contribution in [3.63, 3.8) is 0 Å². The molecule has 6 bridgehead atoms. The number of carbonyl (C=O) groups excluding carboxylic acids is 1. The van der Waals surface area contributed by atoms with E-state index in [1.807, 2.05) is 6.07 Å². The number of alkyl halides is 3. The van der Waals surface area contributed by atoms with Gasteiger partial charge in [0.2, 0.25) is 11.9 Å². The van der Waals surface area contributed by atoms with Crippen LogP contribution in [-0.4, -0.2) is 47.1 Å². The van der Waals surface area contributed by atoms with Gasteiger partial charge in [0.15, 0.2) is 0 Å². The predicted octanol–water partition coefficient (Wildman–Crippen LogP) is 6.61. The Labute approximate surface area is 275 Å². The summed E-state index contributed by atoms with van der Waals surface area (Å²) in [6.45, 7) is 6.81. The smallest absolute Gasteiger partial charge is 0.416 e. The van der Waals surface area contributed by atoms with Crippen LogP contribution in [0.4, 0.5) is 30.8 Å². The third kappa shape index (κ3) is 9.93. The fourth-order valence-corrected chi connectivity index (χ4v) is 4.83. The standard InChI is InChI=1S/C33H35ClF3N7O3/c1-32(2)19-38-14-3-15-46-27-13-6-22(16-26(27)34)17-39-29-42-30(41-25-11-7-23(8-12-25)28(45)40-20-32)44-31(43-29)47-18-21-4-9-24(10-5-21)33(35,36)37/h4-13,16,38H,3,14-15,17-20H2,1-2H3,(H,40,45)(H2,39,41,42,43,44). The van der Waals surface area contributed by atoms with Crippen molar-refractivity contribution in [1.82, 2.24) is 25.6 Å². The number of rotatable bonds is 3. The van der Waals surface area contributed by atoms with Crippen LogP contribution in [0.15, 0.2) is 66.7 Å². The lowest BCUT2D eigenvalue weighted by Gasteiger charge is -2.25. The van der Waals surface area contributed by atoms with Gasteiger partial charge in [0.1, 0.15) is 12.4 Å². The SMILES string of the molecule is CC1(C)CNCCCOc2ccc(cc2Cl)CNc2nc(nc(OCc3ccc(C(F)(F)F)cc3)n2)Nc2ccc(cc2)C(=O)NC1. The van der Waals surface area contributed by atoms with E-state index in [-0.39, 0.29) is 35.8 Å². The molecular weight excluding hydrogens is 635 g/mol. The van der Waals surface area contributed by atoms with Crippen LogP contribution in [0.5, 0.6) is 11.8 Å². The van der Waals surface area contributed by atoms with Crippen molar-refractivity contribution in [3.05, 3.63) is 94.0 Å². The van der Waals surface area contributed by atoms with Gasteiger partial charge in [-0.15, -0.1) is 0 Å². The van der Waals surface area contributed by atoms with Crippen LogP contribution in [0, 0.1) is 5.41 Å². The molecule has 0 aliphatic carbocycles. The summed E-state index contributed by atoms with van der Waals surface area (Å²) in [5, 5.41) is 13.1. The molecule has 0 spiro atoms. The number of ether oxygens (including phenoxy) is 2. The van der Waals surface area contributed by atoms with E-state index in [1.165, 1.54) is 12.1 Å². The Bertz CT molecular complexity index is 1670. The molecule has 10 nitrogen and oxygen atoms in total. The highest BCUT2D eigenvalue weighted by Crippen LogP contribution is 2.29. The molecule has 248 valence electrons. The van der Waals surface area contributed by atoms with Gasteiger partial charge in [0.05, 0.1) is 17.2 Å². The predicted molar refractivity (Wildman–Crippen MR) is 173 cm³/mol. The maximum Gasteiger partial charge on any atom is 0.416 e. The second-order valence-electron chi connectivity index (χ2n) is 11.8. The van der Waals surface area contributed by atoms with Gasteiger partial charge in [0, 0.05) is 30.9 Å². The van der Waals surface area contributed by atoms with Crippen molar-refractivity contribution in [2.75, 3.05) is 36.9 Å². The summed E-state index contributed by atoms with van der Waals surface area (Å²) >= 11 is 6.50. The molecule has 0 radical (unpaired) electrons. The molecule has 14 heteroatoms. The first-order valence-electron chi connectivity index (χ1n) is 15.0. The Morgan fingerprint density at radius 1 is 0.936 bits per heavy atom. The number of halogens is 4. The Morgan fingerprint density at radius 3 is 2.40 bits per heavy atom. The molecular formula is C33H35ClF3N7O3. The molecule has 0 saturated carbocycles. The minimum Gasteiger partial charge on any atom is -0.492 e. The average Bonchev–Trinajstić information content (AvgIpc) is 3.04. The highest BCUT2D eigenvalue weighted by molar-refractivity contribution is 6.32. The second-order valence-corrected chi connectivity index (χ2v) is 12.2. The molecule has 4 aliphatic rings. The number of benzene rings is 3. The highest BCUT2D eigenvalue weighted by Gasteiger charge is 2.30. The first kappa shape index (κ1) is 33.7. The first-order valence-corrected chi connectivity index (χ1v) is 15.4. The van der Waals surface area contributed by atoms with Crippen molar-refractivity contribution < 1.29 is 27.4 Å². The van der Waals surface area contributed by atoms with Gasteiger partial charge in [-0.2, -0.15) is 28.1 Å². The second kappa shape index (κ2) is 14.9. The van der Waals surface area contributed by atoms with Crippen LogP contribution >= 0.6 is 11.6 Å². The fourth-order valence-electron chi connectivity index (χ4n) is 4.57. The van der Waals surface area contributed by atoms with Gasteiger partial charge in [-0.3, -0.25) is 4.79 Å². The van der Waals surface area contributed by atoms with Gasteiger partial charge < -0.3 is 30.7 Å². The maximum atomic E-state index is 13.0. The summed E-state index contributed by atoms with van der Waals surface area (Å²) in [6, 6.07) is 16.9. The molecule has 8 rings (SSSR count). The van der Waals surface area contributed by atoms with E-state index >= 15 is 0 Å². The van der Waals surface area contributed by atoms with Gasteiger partial charge in [-0.05, 0) is 78.0 Å². The van der Waals surface area contributed by atoms with Crippen LogP contribution < -0.4 is 30.7 Å². The molecule has 0 unspecified atom stereocenters. The molecule has 4 N–H and O–H groups in total. The van der Waals surface area contributed by atoms with Gasteiger partial charge >= 0.3 is 12.2 Å². The van der Waals surface area contributed by atoms with E-state index in [1.54, 1.807) is 36.4 Å². The number of hydrogen-bond donors (Lipinski definition) is 4. The van der Waals surface area contributed by atoms with Crippen molar-refractivity contribution >= 4 is 35.1 Å². The number of carbonyl (C=O) groups is 1. The monoisotopic (exact) mass is 669 g/mol. The van der Waals surface area contributed by atoms with Gasteiger partial charge in [-0.25, -0.2) is 0 Å². The van der Waals surface area contributed by atoms with Crippen LogP contribution in [-0.2, 0) is 19.3 Å². The van der Waals surface area contributed by atoms with Crippen molar-refractivity contribution in [1.29, 1.82) is 0 Å². The molecule has 3 aromatic carbocycles. The van der Waals surface area contributed by atoms with Gasteiger partial charge in [-0.1, -0.05) is 43.6 Å². The summed E-state index contributed by atoms with van der Waals surface area (Å²) in [5.74, 6) is 0.708. The molecule has 1 aromatic heterocycles. The molecule has 47 heavy (non-hydrogen) atoms. The summed E-state index contributed by atoms with van der Waals surface area (Å²) in [7, 11) is 0. The normalized spacial score (nSPS) is 15.8. The third-order valence-corrected chi connectivity index (χ3v) is 7.50. The molecule has 0 saturated heterocycles. The number of anilines is 3. The zero-order chi connectivity index (χ0) is 33.4. The largest absolute Gasteiger partial charge is 0.492 e. The van der Waals surface area contributed by atoms with Crippen molar-refractivity contribution in [3.8, 4) is 11.8 Å². The number of nitrogens with one attached hydrogen (secondary N) is 4. The summed E-state index contributed by atoms with van der Waals surface area (Å²) in [6.07, 6.45) is -3.66. The summed E-state index contributed by atoms with van der Waals surface area (Å²) in [5.41, 5.74) is 1.51. The number of amides is 1. The Morgan fingerprint density at radius 2 is 1.68 bits per heavy atom. The highest BCUT2D eigenvalue weighted by atomic mass is 35.5. The summed E-state index contributed by atoms with van der Waals surface area (Å²) < 4.78 is 50.6. The Balaban J connectivity index is 1.37. The zero-order valence-electron chi connectivity index (χ0n) is 25.9. The van der Waals surface area contributed by atoms with Gasteiger partial charge in [0.25, 0.3) is 5.91 Å². The minimum absolute atomic E-state index is 0.0544. The van der Waals surface area contributed by atoms with E-state index in [2.05, 4.69) is 50.1 Å². The maximum absolute atomic E-state index is 13.0.